The SMILES string of the molecule is CC=C1C(=O)C=C(Br)C(CS(=O)(=O)O)=CC1=O. The van der Waals surface area contributed by atoms with Crippen molar-refractivity contribution in [3.05, 3.63) is 33.9 Å². The molecule has 0 bridgehead atoms. The van der Waals surface area contributed by atoms with Gasteiger partial charge in [0, 0.05) is 10.6 Å². The molecular formula is C10H9BrO5S. The first-order valence-corrected chi connectivity index (χ1v) is 6.93. The summed E-state index contributed by atoms with van der Waals surface area (Å²) >= 11 is 3.00. The minimum absolute atomic E-state index is 0.0349. The Bertz CT molecular complexity index is 566. The van der Waals surface area contributed by atoms with E-state index in [-0.39, 0.29) is 15.6 Å². The third-order valence-electron chi connectivity index (χ3n) is 2.03. The van der Waals surface area contributed by atoms with E-state index in [0.717, 1.165) is 12.2 Å². The minimum atomic E-state index is -4.26. The molecule has 0 radical (unpaired) electrons. The summed E-state index contributed by atoms with van der Waals surface area (Å²) < 4.78 is 30.4. The van der Waals surface area contributed by atoms with Crippen LogP contribution in [0.1, 0.15) is 6.92 Å². The Balaban J connectivity index is 3.27. The third kappa shape index (κ3) is 3.72. The topological polar surface area (TPSA) is 88.5 Å². The molecule has 0 fully saturated rings. The number of carbonyl (C=O) groups excluding carboxylic acids is 2. The van der Waals surface area contributed by atoms with Crippen LogP contribution in [0.2, 0.25) is 0 Å². The average Bonchev–Trinajstić information content (AvgIpc) is 2.23. The fourth-order valence-corrected chi connectivity index (χ4v) is 2.58. The van der Waals surface area contributed by atoms with Gasteiger partial charge in [0.25, 0.3) is 10.1 Å². The van der Waals surface area contributed by atoms with Crippen LogP contribution in [0.25, 0.3) is 0 Å². The number of ketones is 2. The summed E-state index contributed by atoms with van der Waals surface area (Å²) in [5, 5.41) is 0. The molecular weight excluding hydrogens is 312 g/mol. The third-order valence-corrected chi connectivity index (χ3v) is 3.44. The zero-order valence-electron chi connectivity index (χ0n) is 8.81. The van der Waals surface area contributed by atoms with E-state index in [1.54, 1.807) is 0 Å². The van der Waals surface area contributed by atoms with E-state index in [1.165, 1.54) is 13.0 Å². The van der Waals surface area contributed by atoms with Crippen molar-refractivity contribution in [2.45, 2.75) is 6.92 Å². The van der Waals surface area contributed by atoms with E-state index < -0.39 is 27.4 Å². The summed E-state index contributed by atoms with van der Waals surface area (Å²) in [5.74, 6) is -1.81. The summed E-state index contributed by atoms with van der Waals surface area (Å²) in [7, 11) is -4.26. The van der Waals surface area contributed by atoms with E-state index in [9.17, 15) is 18.0 Å². The fraction of sp³-hybridized carbons (Fsp3) is 0.200. The molecule has 0 heterocycles. The van der Waals surface area contributed by atoms with Gasteiger partial charge < -0.3 is 0 Å². The smallest absolute Gasteiger partial charge is 0.269 e. The van der Waals surface area contributed by atoms with Crippen molar-refractivity contribution >= 4 is 37.6 Å². The molecule has 7 heteroatoms. The van der Waals surface area contributed by atoms with Gasteiger partial charge in [0.05, 0.1) is 5.57 Å². The van der Waals surface area contributed by atoms with Crippen LogP contribution in [-0.4, -0.2) is 30.3 Å². The van der Waals surface area contributed by atoms with E-state index in [1.807, 2.05) is 0 Å². The van der Waals surface area contributed by atoms with Crippen molar-refractivity contribution in [1.82, 2.24) is 0 Å². The lowest BCUT2D eigenvalue weighted by atomic mass is 10.1. The Morgan fingerprint density at radius 2 is 1.82 bits per heavy atom. The largest absolute Gasteiger partial charge is 0.289 e. The van der Waals surface area contributed by atoms with E-state index in [2.05, 4.69) is 15.9 Å². The number of rotatable bonds is 2. The number of carbonyl (C=O) groups is 2. The zero-order chi connectivity index (χ0) is 13.2. The van der Waals surface area contributed by atoms with Gasteiger partial charge in [-0.25, -0.2) is 0 Å². The predicted molar refractivity (Wildman–Crippen MR) is 65.3 cm³/mol. The standard InChI is InChI=1S/C10H9BrO5S/c1-2-7-9(12)3-6(5-17(14,15)16)8(11)4-10(7)13/h2-4H,5H2,1H3,(H,14,15,16). The molecule has 17 heavy (non-hydrogen) atoms. The highest BCUT2D eigenvalue weighted by molar-refractivity contribution is 9.12. The van der Waals surface area contributed by atoms with Crippen molar-refractivity contribution in [3.8, 4) is 0 Å². The average molecular weight is 321 g/mol. The molecule has 0 aromatic heterocycles. The predicted octanol–water partition coefficient (Wildman–Crippen LogP) is 1.18. The molecule has 0 amide bonds. The van der Waals surface area contributed by atoms with E-state index in [4.69, 9.17) is 4.55 Å². The molecule has 1 N–H and O–H groups in total. The number of hydrogen-bond donors (Lipinski definition) is 1. The maximum Gasteiger partial charge on any atom is 0.269 e. The molecule has 0 atom stereocenters. The minimum Gasteiger partial charge on any atom is -0.289 e. The highest BCUT2D eigenvalue weighted by atomic mass is 79.9. The van der Waals surface area contributed by atoms with Gasteiger partial charge in [-0.1, -0.05) is 22.0 Å². The van der Waals surface area contributed by atoms with Crippen molar-refractivity contribution < 1.29 is 22.6 Å². The lowest BCUT2D eigenvalue weighted by molar-refractivity contribution is -0.116. The zero-order valence-corrected chi connectivity index (χ0v) is 11.2. The van der Waals surface area contributed by atoms with E-state index in [0.29, 0.717) is 0 Å². The summed E-state index contributed by atoms with van der Waals surface area (Å²) in [6, 6.07) is 0. The van der Waals surface area contributed by atoms with Crippen LogP contribution in [0.15, 0.2) is 33.9 Å². The van der Waals surface area contributed by atoms with E-state index >= 15 is 0 Å². The van der Waals surface area contributed by atoms with Gasteiger partial charge in [0.15, 0.2) is 11.6 Å². The van der Waals surface area contributed by atoms with Crippen LogP contribution in [0.4, 0.5) is 0 Å². The van der Waals surface area contributed by atoms with Gasteiger partial charge in [-0.15, -0.1) is 0 Å². The summed E-state index contributed by atoms with van der Waals surface area (Å²) in [6.45, 7) is 1.54. The van der Waals surface area contributed by atoms with Crippen molar-refractivity contribution in [3.63, 3.8) is 0 Å². The first-order chi connectivity index (χ1) is 7.74. The van der Waals surface area contributed by atoms with Gasteiger partial charge in [-0.3, -0.25) is 14.1 Å². The van der Waals surface area contributed by atoms with Gasteiger partial charge in [0.2, 0.25) is 0 Å². The molecule has 0 aliphatic heterocycles. The first kappa shape index (κ1) is 14.0. The summed E-state index contributed by atoms with van der Waals surface area (Å²) in [5.41, 5.74) is 0.00925. The molecule has 0 saturated heterocycles. The van der Waals surface area contributed by atoms with Gasteiger partial charge in [-0.2, -0.15) is 8.42 Å². The molecule has 0 unspecified atom stereocenters. The maximum absolute atomic E-state index is 11.6. The lowest BCUT2D eigenvalue weighted by Gasteiger charge is -2.01. The molecule has 1 rings (SSSR count). The molecule has 0 aromatic carbocycles. The highest BCUT2D eigenvalue weighted by Crippen LogP contribution is 2.23. The van der Waals surface area contributed by atoms with Crippen LogP contribution < -0.4 is 0 Å². The van der Waals surface area contributed by atoms with Crippen LogP contribution in [0, 0.1) is 0 Å². The van der Waals surface area contributed by atoms with Gasteiger partial charge in [0.1, 0.15) is 5.75 Å². The van der Waals surface area contributed by atoms with Gasteiger partial charge >= 0.3 is 0 Å². The number of allylic oxidation sites excluding steroid dienone is 5. The van der Waals surface area contributed by atoms with Crippen LogP contribution in [0.5, 0.6) is 0 Å². The molecule has 5 nitrogen and oxygen atoms in total. The quantitative estimate of drug-likeness (QED) is 0.469. The van der Waals surface area contributed by atoms with Crippen molar-refractivity contribution in [2.75, 3.05) is 5.75 Å². The molecule has 0 aromatic rings. The molecule has 92 valence electrons. The van der Waals surface area contributed by atoms with Crippen molar-refractivity contribution in [1.29, 1.82) is 0 Å². The maximum atomic E-state index is 11.6. The first-order valence-electron chi connectivity index (χ1n) is 4.53. The molecule has 1 aliphatic rings. The fourth-order valence-electron chi connectivity index (χ4n) is 1.30. The van der Waals surface area contributed by atoms with Crippen molar-refractivity contribution in [2.24, 2.45) is 0 Å². The Kier molecular flexibility index (Phi) is 4.18. The molecule has 1 aliphatic carbocycles. The van der Waals surface area contributed by atoms with Crippen LogP contribution >= 0.6 is 15.9 Å². The second-order valence-corrected chi connectivity index (χ2v) is 5.63. The Hall–Kier alpha value is -1.05. The van der Waals surface area contributed by atoms with Crippen LogP contribution in [0.3, 0.4) is 0 Å². The highest BCUT2D eigenvalue weighted by Gasteiger charge is 2.22. The summed E-state index contributed by atoms with van der Waals surface area (Å²) in [6.07, 6.45) is 3.49. The molecule has 0 spiro atoms. The number of hydrogen-bond acceptors (Lipinski definition) is 4. The monoisotopic (exact) mass is 320 g/mol. The Labute approximate surface area is 107 Å². The second-order valence-electron chi connectivity index (χ2n) is 3.32. The Morgan fingerprint density at radius 1 is 1.29 bits per heavy atom. The van der Waals surface area contributed by atoms with Gasteiger partial charge in [-0.05, 0) is 18.6 Å². The lowest BCUT2D eigenvalue weighted by Crippen LogP contribution is -2.09. The Morgan fingerprint density at radius 3 is 2.29 bits per heavy atom. The molecule has 0 saturated carbocycles. The summed E-state index contributed by atoms with van der Waals surface area (Å²) in [4.78, 5) is 23.1. The van der Waals surface area contributed by atoms with Crippen LogP contribution in [-0.2, 0) is 19.7 Å². The second kappa shape index (κ2) is 5.07. The number of halogens is 1. The normalized spacial score (nSPS) is 20.1.